The van der Waals surface area contributed by atoms with Crippen LogP contribution >= 0.6 is 0 Å². The van der Waals surface area contributed by atoms with Gasteiger partial charge in [-0.3, -0.25) is 19.5 Å². The number of aryl methyl sites for hydroxylation is 1. The molecule has 1 saturated carbocycles. The van der Waals surface area contributed by atoms with Gasteiger partial charge in [-0.1, -0.05) is 12.8 Å². The number of aromatic nitrogens is 1. The van der Waals surface area contributed by atoms with E-state index in [0.717, 1.165) is 37.1 Å². The monoisotopic (exact) mass is 273 g/mol. The van der Waals surface area contributed by atoms with Crippen LogP contribution in [0.25, 0.3) is 0 Å². The van der Waals surface area contributed by atoms with E-state index in [1.54, 1.807) is 24.1 Å². The van der Waals surface area contributed by atoms with Crippen LogP contribution in [0.3, 0.4) is 0 Å². The van der Waals surface area contributed by atoms with E-state index in [2.05, 4.69) is 10.3 Å². The van der Waals surface area contributed by atoms with Crippen molar-refractivity contribution in [1.29, 1.82) is 0 Å². The van der Waals surface area contributed by atoms with Crippen LogP contribution in [0.4, 0.5) is 5.69 Å². The van der Waals surface area contributed by atoms with Crippen LogP contribution < -0.4 is 10.2 Å². The van der Waals surface area contributed by atoms with Crippen LogP contribution in [0.2, 0.25) is 0 Å². The molecule has 1 aliphatic heterocycles. The van der Waals surface area contributed by atoms with E-state index in [4.69, 9.17) is 0 Å². The molecule has 0 aromatic carbocycles. The third-order valence-electron chi connectivity index (χ3n) is 4.45. The summed E-state index contributed by atoms with van der Waals surface area (Å²) in [5.74, 6) is -0.0621. The Bertz CT molecular complexity index is 564. The molecular formula is C15H19N3O2. The molecule has 5 nitrogen and oxygen atoms in total. The summed E-state index contributed by atoms with van der Waals surface area (Å²) in [6.07, 6.45) is 5.14. The molecule has 106 valence electrons. The van der Waals surface area contributed by atoms with Crippen LogP contribution in [0.1, 0.15) is 38.3 Å². The zero-order chi connectivity index (χ0) is 14.3. The normalized spacial score (nSPS) is 25.1. The predicted octanol–water partition coefficient (Wildman–Crippen LogP) is 1.55. The number of rotatable bonds is 1. The van der Waals surface area contributed by atoms with Crippen molar-refractivity contribution in [3.8, 4) is 0 Å². The van der Waals surface area contributed by atoms with E-state index < -0.39 is 11.6 Å². The molecular weight excluding hydrogens is 254 g/mol. The molecule has 1 aromatic rings. The second kappa shape index (κ2) is 4.58. The van der Waals surface area contributed by atoms with Gasteiger partial charge >= 0.3 is 0 Å². The highest BCUT2D eigenvalue weighted by atomic mass is 16.2. The van der Waals surface area contributed by atoms with E-state index in [0.29, 0.717) is 0 Å². The highest BCUT2D eigenvalue weighted by Crippen LogP contribution is 2.36. The van der Waals surface area contributed by atoms with Gasteiger partial charge in [0.1, 0.15) is 11.6 Å². The van der Waals surface area contributed by atoms with Crippen LogP contribution in [0, 0.1) is 6.92 Å². The van der Waals surface area contributed by atoms with Crippen LogP contribution in [0.5, 0.6) is 0 Å². The molecule has 2 heterocycles. The van der Waals surface area contributed by atoms with Gasteiger partial charge in [0.2, 0.25) is 5.91 Å². The largest absolute Gasteiger partial charge is 0.340 e. The Morgan fingerprint density at radius 2 is 2.05 bits per heavy atom. The lowest BCUT2D eigenvalue weighted by atomic mass is 9.90. The van der Waals surface area contributed by atoms with Gasteiger partial charge in [-0.25, -0.2) is 0 Å². The maximum absolute atomic E-state index is 12.9. The number of hydrogen-bond acceptors (Lipinski definition) is 3. The average molecular weight is 273 g/mol. The van der Waals surface area contributed by atoms with Gasteiger partial charge in [0.15, 0.2) is 0 Å². The van der Waals surface area contributed by atoms with Gasteiger partial charge in [0.05, 0.1) is 11.4 Å². The molecule has 1 aromatic heterocycles. The Hall–Kier alpha value is -1.91. The zero-order valence-electron chi connectivity index (χ0n) is 11.8. The molecule has 0 bridgehead atoms. The van der Waals surface area contributed by atoms with Gasteiger partial charge in [0, 0.05) is 6.20 Å². The number of amides is 2. The number of carbonyl (C=O) groups is 2. The SMILES string of the molecule is Cc1ncccc1N1C(=O)C2(CCCC2)NC(=O)C1C. The first-order valence-electron chi connectivity index (χ1n) is 7.12. The summed E-state index contributed by atoms with van der Waals surface area (Å²) >= 11 is 0. The number of nitrogens with one attached hydrogen (secondary N) is 1. The highest BCUT2D eigenvalue weighted by molar-refractivity contribution is 6.11. The number of anilines is 1. The standard InChI is InChI=1S/C15H19N3O2/c1-10-12(6-5-9-16-10)18-11(2)13(19)17-15(14(18)20)7-3-4-8-15/h5-6,9,11H,3-4,7-8H2,1-2H3,(H,17,19). The quantitative estimate of drug-likeness (QED) is 0.844. The van der Waals surface area contributed by atoms with Gasteiger partial charge < -0.3 is 5.32 Å². The van der Waals surface area contributed by atoms with Crippen LogP contribution in [-0.4, -0.2) is 28.4 Å². The van der Waals surface area contributed by atoms with Crippen molar-refractivity contribution in [3.63, 3.8) is 0 Å². The smallest absolute Gasteiger partial charge is 0.253 e. The van der Waals surface area contributed by atoms with Crippen molar-refractivity contribution < 1.29 is 9.59 Å². The lowest BCUT2D eigenvalue weighted by Crippen LogP contribution is -2.69. The van der Waals surface area contributed by atoms with E-state index in [1.165, 1.54) is 0 Å². The molecule has 0 radical (unpaired) electrons. The first-order valence-corrected chi connectivity index (χ1v) is 7.12. The first-order chi connectivity index (χ1) is 9.55. The van der Waals surface area contributed by atoms with Gasteiger partial charge in [0.25, 0.3) is 5.91 Å². The Morgan fingerprint density at radius 1 is 1.35 bits per heavy atom. The average Bonchev–Trinajstić information content (AvgIpc) is 2.89. The Labute approximate surface area is 118 Å². The van der Waals surface area contributed by atoms with Crippen molar-refractivity contribution in [2.45, 2.75) is 51.1 Å². The third kappa shape index (κ3) is 1.80. The molecule has 2 amide bonds. The fraction of sp³-hybridized carbons (Fsp3) is 0.533. The molecule has 2 aliphatic rings. The summed E-state index contributed by atoms with van der Waals surface area (Å²) in [6, 6.07) is 3.17. The number of piperazine rings is 1. The topological polar surface area (TPSA) is 62.3 Å². The highest BCUT2D eigenvalue weighted by Gasteiger charge is 2.51. The lowest BCUT2D eigenvalue weighted by molar-refractivity contribution is -0.137. The molecule has 3 rings (SSSR count). The van der Waals surface area contributed by atoms with Crippen LogP contribution in [-0.2, 0) is 9.59 Å². The van der Waals surface area contributed by atoms with Crippen molar-refractivity contribution in [2.75, 3.05) is 4.90 Å². The van der Waals surface area contributed by atoms with Crippen molar-refractivity contribution >= 4 is 17.5 Å². The minimum Gasteiger partial charge on any atom is -0.340 e. The van der Waals surface area contributed by atoms with Gasteiger partial charge in [-0.2, -0.15) is 0 Å². The first kappa shape index (κ1) is 13.1. The van der Waals surface area contributed by atoms with Crippen molar-refractivity contribution in [2.24, 2.45) is 0 Å². The van der Waals surface area contributed by atoms with Gasteiger partial charge in [-0.15, -0.1) is 0 Å². The Morgan fingerprint density at radius 3 is 2.70 bits per heavy atom. The summed E-state index contributed by atoms with van der Waals surface area (Å²) in [5.41, 5.74) is 0.827. The summed E-state index contributed by atoms with van der Waals surface area (Å²) in [5, 5.41) is 2.96. The Kier molecular flexibility index (Phi) is 3.00. The molecule has 5 heteroatoms. The minimum absolute atomic E-state index is 0.0122. The lowest BCUT2D eigenvalue weighted by Gasteiger charge is -2.43. The number of nitrogens with zero attached hydrogens (tertiary/aromatic N) is 2. The van der Waals surface area contributed by atoms with Crippen LogP contribution in [0.15, 0.2) is 18.3 Å². The summed E-state index contributed by atoms with van der Waals surface area (Å²) in [7, 11) is 0. The van der Waals surface area contributed by atoms with E-state index >= 15 is 0 Å². The zero-order valence-corrected chi connectivity index (χ0v) is 11.8. The summed E-state index contributed by atoms with van der Waals surface area (Å²) < 4.78 is 0. The molecule has 1 spiro atoms. The third-order valence-corrected chi connectivity index (χ3v) is 4.45. The number of carbonyl (C=O) groups excluding carboxylic acids is 2. The summed E-state index contributed by atoms with van der Waals surface area (Å²) in [6.45, 7) is 3.63. The molecule has 2 fully saturated rings. The second-order valence-electron chi connectivity index (χ2n) is 5.74. The number of pyridine rings is 1. The maximum atomic E-state index is 12.9. The molecule has 1 aliphatic carbocycles. The molecule has 1 unspecified atom stereocenters. The molecule has 1 atom stereocenters. The maximum Gasteiger partial charge on any atom is 0.253 e. The molecule has 1 N–H and O–H groups in total. The second-order valence-corrected chi connectivity index (χ2v) is 5.74. The van der Waals surface area contributed by atoms with Crippen molar-refractivity contribution in [1.82, 2.24) is 10.3 Å². The predicted molar refractivity (Wildman–Crippen MR) is 75.3 cm³/mol. The summed E-state index contributed by atoms with van der Waals surface area (Å²) in [4.78, 5) is 31.1. The fourth-order valence-electron chi connectivity index (χ4n) is 3.28. The Balaban J connectivity index is 2.05. The minimum atomic E-state index is -0.689. The van der Waals surface area contributed by atoms with E-state index in [-0.39, 0.29) is 11.8 Å². The fourth-order valence-corrected chi connectivity index (χ4v) is 3.28. The van der Waals surface area contributed by atoms with Crippen molar-refractivity contribution in [3.05, 3.63) is 24.0 Å². The molecule has 20 heavy (non-hydrogen) atoms. The van der Waals surface area contributed by atoms with E-state index in [9.17, 15) is 9.59 Å². The molecule has 1 saturated heterocycles. The van der Waals surface area contributed by atoms with E-state index in [1.807, 2.05) is 13.0 Å². The number of hydrogen-bond donors (Lipinski definition) is 1. The van der Waals surface area contributed by atoms with Gasteiger partial charge in [-0.05, 0) is 38.8 Å².